The molecule has 0 radical (unpaired) electrons. The van der Waals surface area contributed by atoms with Gasteiger partial charge in [-0.25, -0.2) is 9.37 Å². The molecule has 0 saturated heterocycles. The van der Waals surface area contributed by atoms with Crippen LogP contribution in [0, 0.1) is 0 Å². The molecule has 2 N–H and O–H groups in total. The Morgan fingerprint density at radius 2 is 1.89 bits per heavy atom. The van der Waals surface area contributed by atoms with Crippen molar-refractivity contribution in [2.24, 2.45) is 0 Å². The lowest BCUT2D eigenvalue weighted by Crippen LogP contribution is -1.94. The number of nitrogens with zero attached hydrogens (tertiary/aromatic N) is 1. The Bertz CT molecular complexity index is 686. The molecule has 1 atom stereocenters. The largest absolute Gasteiger partial charge is 0.346 e. The van der Waals surface area contributed by atoms with Crippen LogP contribution in [-0.2, 0) is 0 Å². The van der Waals surface area contributed by atoms with E-state index in [1.165, 1.54) is 6.92 Å². The van der Waals surface area contributed by atoms with Crippen molar-refractivity contribution in [1.82, 2.24) is 9.97 Å². The summed E-state index contributed by atoms with van der Waals surface area (Å²) in [5, 5.41) is 4.27. The molecule has 0 aliphatic rings. The predicted octanol–water partition coefficient (Wildman–Crippen LogP) is 4.34. The SMILES string of the molecule is CC(F)c1ccc(Nc2ccc3cc[nH]c3n2)cc1. The van der Waals surface area contributed by atoms with Crippen LogP contribution in [0.4, 0.5) is 15.9 Å². The molecular weight excluding hydrogens is 241 g/mol. The molecule has 3 rings (SSSR count). The number of nitrogens with one attached hydrogen (secondary N) is 2. The molecule has 1 aromatic carbocycles. The van der Waals surface area contributed by atoms with Gasteiger partial charge in [-0.15, -0.1) is 0 Å². The monoisotopic (exact) mass is 255 g/mol. The number of halogens is 1. The van der Waals surface area contributed by atoms with Gasteiger partial charge < -0.3 is 10.3 Å². The Hall–Kier alpha value is -2.36. The number of fused-ring (bicyclic) bond motifs is 1. The molecule has 0 aliphatic carbocycles. The molecule has 0 spiro atoms. The second kappa shape index (κ2) is 4.72. The zero-order valence-corrected chi connectivity index (χ0v) is 10.5. The summed E-state index contributed by atoms with van der Waals surface area (Å²) in [6, 6.07) is 13.2. The molecule has 2 heterocycles. The van der Waals surface area contributed by atoms with E-state index in [0.717, 1.165) is 22.5 Å². The van der Waals surface area contributed by atoms with E-state index in [2.05, 4.69) is 15.3 Å². The molecule has 0 saturated carbocycles. The normalized spacial score (nSPS) is 12.5. The van der Waals surface area contributed by atoms with Gasteiger partial charge in [0.05, 0.1) is 0 Å². The number of aromatic amines is 1. The summed E-state index contributed by atoms with van der Waals surface area (Å²) in [6.07, 6.45) is 0.918. The van der Waals surface area contributed by atoms with E-state index in [1.807, 2.05) is 36.5 Å². The van der Waals surface area contributed by atoms with Gasteiger partial charge in [-0.05, 0) is 42.8 Å². The topological polar surface area (TPSA) is 40.7 Å². The van der Waals surface area contributed by atoms with Gasteiger partial charge in [0.15, 0.2) is 0 Å². The van der Waals surface area contributed by atoms with E-state index >= 15 is 0 Å². The van der Waals surface area contributed by atoms with Crippen molar-refractivity contribution in [2.45, 2.75) is 13.1 Å². The average Bonchev–Trinajstić information content (AvgIpc) is 2.87. The molecule has 1 unspecified atom stereocenters. The van der Waals surface area contributed by atoms with Crippen LogP contribution in [0.15, 0.2) is 48.7 Å². The first-order valence-corrected chi connectivity index (χ1v) is 6.17. The van der Waals surface area contributed by atoms with Crippen molar-refractivity contribution in [3.05, 3.63) is 54.2 Å². The maximum absolute atomic E-state index is 13.1. The van der Waals surface area contributed by atoms with Gasteiger partial charge in [-0.3, -0.25) is 0 Å². The third-order valence-electron chi connectivity index (χ3n) is 3.05. The quantitative estimate of drug-likeness (QED) is 0.731. The maximum atomic E-state index is 13.1. The Kier molecular flexibility index (Phi) is 2.91. The lowest BCUT2D eigenvalue weighted by atomic mass is 10.1. The van der Waals surface area contributed by atoms with E-state index in [-0.39, 0.29) is 0 Å². The standard InChI is InChI=1S/C15H14FN3/c1-10(16)11-2-5-13(6-3-11)18-14-7-4-12-8-9-17-15(12)19-14/h2-10H,1H3,(H2,17,18,19). The first kappa shape index (κ1) is 11.7. The highest BCUT2D eigenvalue weighted by Crippen LogP contribution is 2.21. The fourth-order valence-electron chi connectivity index (χ4n) is 1.98. The Morgan fingerprint density at radius 1 is 1.11 bits per heavy atom. The lowest BCUT2D eigenvalue weighted by Gasteiger charge is -2.07. The Balaban J connectivity index is 1.83. The molecule has 3 aromatic rings. The van der Waals surface area contributed by atoms with Gasteiger partial charge in [-0.1, -0.05) is 12.1 Å². The van der Waals surface area contributed by atoms with E-state index in [1.54, 1.807) is 12.1 Å². The number of rotatable bonds is 3. The highest BCUT2D eigenvalue weighted by Gasteiger charge is 2.03. The summed E-state index contributed by atoms with van der Waals surface area (Å²) in [6.45, 7) is 1.53. The molecule has 96 valence electrons. The molecule has 0 bridgehead atoms. The second-order valence-corrected chi connectivity index (χ2v) is 4.48. The number of pyridine rings is 1. The van der Waals surface area contributed by atoms with Crippen LogP contribution in [0.1, 0.15) is 18.7 Å². The van der Waals surface area contributed by atoms with E-state index in [4.69, 9.17) is 0 Å². The molecule has 4 heteroatoms. The zero-order valence-electron chi connectivity index (χ0n) is 10.5. The van der Waals surface area contributed by atoms with Gasteiger partial charge >= 0.3 is 0 Å². The Morgan fingerprint density at radius 3 is 2.63 bits per heavy atom. The number of hydrogen-bond acceptors (Lipinski definition) is 2. The number of alkyl halides is 1. The second-order valence-electron chi connectivity index (χ2n) is 4.48. The third-order valence-corrected chi connectivity index (χ3v) is 3.05. The van der Waals surface area contributed by atoms with Crippen LogP contribution in [-0.4, -0.2) is 9.97 Å². The molecule has 0 fully saturated rings. The van der Waals surface area contributed by atoms with E-state index in [0.29, 0.717) is 5.56 Å². The van der Waals surface area contributed by atoms with Crippen molar-refractivity contribution in [2.75, 3.05) is 5.32 Å². The fraction of sp³-hybridized carbons (Fsp3) is 0.133. The van der Waals surface area contributed by atoms with Gasteiger partial charge in [0.25, 0.3) is 0 Å². The van der Waals surface area contributed by atoms with Crippen LogP contribution in [0.3, 0.4) is 0 Å². The number of hydrogen-bond donors (Lipinski definition) is 2. The van der Waals surface area contributed by atoms with Crippen LogP contribution in [0.25, 0.3) is 11.0 Å². The maximum Gasteiger partial charge on any atom is 0.139 e. The van der Waals surface area contributed by atoms with Crippen LogP contribution in [0.2, 0.25) is 0 Å². The van der Waals surface area contributed by atoms with Crippen LogP contribution >= 0.6 is 0 Å². The minimum Gasteiger partial charge on any atom is -0.346 e. The highest BCUT2D eigenvalue weighted by atomic mass is 19.1. The van der Waals surface area contributed by atoms with Crippen molar-refractivity contribution in [3.8, 4) is 0 Å². The molecule has 3 nitrogen and oxygen atoms in total. The van der Waals surface area contributed by atoms with Gasteiger partial charge in [-0.2, -0.15) is 0 Å². The minimum atomic E-state index is -0.942. The molecule has 0 amide bonds. The zero-order chi connectivity index (χ0) is 13.2. The predicted molar refractivity (Wildman–Crippen MR) is 75.3 cm³/mol. The van der Waals surface area contributed by atoms with Crippen molar-refractivity contribution in [1.29, 1.82) is 0 Å². The van der Waals surface area contributed by atoms with Gasteiger partial charge in [0, 0.05) is 17.3 Å². The van der Waals surface area contributed by atoms with Crippen molar-refractivity contribution < 1.29 is 4.39 Å². The summed E-state index contributed by atoms with van der Waals surface area (Å²) in [5.74, 6) is 0.760. The summed E-state index contributed by atoms with van der Waals surface area (Å²) < 4.78 is 13.1. The Labute approximate surface area is 110 Å². The summed E-state index contributed by atoms with van der Waals surface area (Å²) >= 11 is 0. The lowest BCUT2D eigenvalue weighted by molar-refractivity contribution is 0.374. The van der Waals surface area contributed by atoms with Crippen molar-refractivity contribution in [3.63, 3.8) is 0 Å². The van der Waals surface area contributed by atoms with Crippen LogP contribution < -0.4 is 5.32 Å². The molecular formula is C15H14FN3. The fourth-order valence-corrected chi connectivity index (χ4v) is 1.98. The number of anilines is 2. The molecule has 0 aliphatic heterocycles. The van der Waals surface area contributed by atoms with E-state index < -0.39 is 6.17 Å². The minimum absolute atomic E-state index is 0.679. The first-order chi connectivity index (χ1) is 9.22. The smallest absolute Gasteiger partial charge is 0.139 e. The summed E-state index contributed by atoms with van der Waals surface area (Å²) in [7, 11) is 0. The third kappa shape index (κ3) is 2.42. The van der Waals surface area contributed by atoms with E-state index in [9.17, 15) is 4.39 Å². The van der Waals surface area contributed by atoms with Crippen LogP contribution in [0.5, 0.6) is 0 Å². The number of benzene rings is 1. The molecule has 19 heavy (non-hydrogen) atoms. The van der Waals surface area contributed by atoms with Gasteiger partial charge in [0.2, 0.25) is 0 Å². The first-order valence-electron chi connectivity index (χ1n) is 6.17. The number of aromatic nitrogens is 2. The number of H-pyrrole nitrogens is 1. The highest BCUT2D eigenvalue weighted by molar-refractivity contribution is 5.77. The average molecular weight is 255 g/mol. The summed E-state index contributed by atoms with van der Waals surface area (Å²) in [4.78, 5) is 7.52. The van der Waals surface area contributed by atoms with Gasteiger partial charge in [0.1, 0.15) is 17.6 Å². The summed E-state index contributed by atoms with van der Waals surface area (Å²) in [5.41, 5.74) is 2.42. The van der Waals surface area contributed by atoms with Crippen molar-refractivity contribution >= 4 is 22.5 Å². The molecule has 2 aromatic heterocycles.